The van der Waals surface area contributed by atoms with E-state index >= 15 is 0 Å². The number of nitrogen functional groups attached to an aromatic ring is 1. The van der Waals surface area contributed by atoms with E-state index in [1.54, 1.807) is 19.3 Å². The van der Waals surface area contributed by atoms with E-state index in [2.05, 4.69) is 4.98 Å². The van der Waals surface area contributed by atoms with Gasteiger partial charge in [-0.2, -0.15) is 5.26 Å². The molecule has 0 fully saturated rings. The molecule has 2 aromatic heterocycles. The Hall–Kier alpha value is -2.13. The second-order valence-electron chi connectivity index (χ2n) is 3.84. The van der Waals surface area contributed by atoms with Crippen molar-refractivity contribution in [3.8, 4) is 6.07 Å². The van der Waals surface area contributed by atoms with Crippen LogP contribution in [0.5, 0.6) is 0 Å². The van der Waals surface area contributed by atoms with Crippen LogP contribution in [0.25, 0.3) is 10.2 Å². The minimum atomic E-state index is -0.161. The molecule has 2 aromatic rings. The maximum atomic E-state index is 12.2. The van der Waals surface area contributed by atoms with E-state index in [9.17, 15) is 4.79 Å². The Labute approximate surface area is 108 Å². The second-order valence-corrected chi connectivity index (χ2v) is 4.83. The molecule has 0 saturated heterocycles. The first-order chi connectivity index (χ1) is 8.65. The topological polar surface area (TPSA) is 83.0 Å². The third-order valence-electron chi connectivity index (χ3n) is 2.60. The van der Waals surface area contributed by atoms with Crippen molar-refractivity contribution < 1.29 is 4.79 Å². The Kier molecular flexibility index (Phi) is 3.44. The van der Waals surface area contributed by atoms with Crippen molar-refractivity contribution in [1.82, 2.24) is 9.88 Å². The lowest BCUT2D eigenvalue weighted by Gasteiger charge is -2.14. The Morgan fingerprint density at radius 1 is 1.67 bits per heavy atom. The summed E-state index contributed by atoms with van der Waals surface area (Å²) >= 11 is 1.28. The zero-order chi connectivity index (χ0) is 13.1. The fourth-order valence-corrected chi connectivity index (χ4v) is 2.66. The van der Waals surface area contributed by atoms with Crippen molar-refractivity contribution in [2.45, 2.75) is 6.42 Å². The summed E-state index contributed by atoms with van der Waals surface area (Å²) in [6.07, 6.45) is 1.98. The molecule has 0 radical (unpaired) electrons. The molecule has 92 valence electrons. The Balaban J connectivity index is 2.34. The number of carbonyl (C=O) groups is 1. The number of anilines is 1. The van der Waals surface area contributed by atoms with Gasteiger partial charge >= 0.3 is 0 Å². The summed E-state index contributed by atoms with van der Waals surface area (Å²) in [7, 11) is 1.66. The van der Waals surface area contributed by atoms with Gasteiger partial charge in [0.2, 0.25) is 0 Å². The van der Waals surface area contributed by atoms with Crippen LogP contribution in [0.1, 0.15) is 16.1 Å². The number of amides is 1. The molecule has 5 nitrogen and oxygen atoms in total. The number of hydrogen-bond acceptors (Lipinski definition) is 5. The summed E-state index contributed by atoms with van der Waals surface area (Å²) in [6.45, 7) is 0.399. The van der Waals surface area contributed by atoms with Crippen LogP contribution in [0.2, 0.25) is 0 Å². The van der Waals surface area contributed by atoms with Gasteiger partial charge in [-0.15, -0.1) is 11.3 Å². The summed E-state index contributed by atoms with van der Waals surface area (Å²) in [5.74, 6) is -0.161. The maximum Gasteiger partial charge on any atom is 0.265 e. The summed E-state index contributed by atoms with van der Waals surface area (Å²) < 4.78 is 0. The highest BCUT2D eigenvalue weighted by molar-refractivity contribution is 7.21. The molecule has 1 amide bonds. The van der Waals surface area contributed by atoms with Gasteiger partial charge in [0.1, 0.15) is 9.71 Å². The number of hydrogen-bond donors (Lipinski definition) is 1. The van der Waals surface area contributed by atoms with Crippen molar-refractivity contribution in [2.24, 2.45) is 0 Å². The predicted octanol–water partition coefficient (Wildman–Crippen LogP) is 1.86. The maximum absolute atomic E-state index is 12.2. The highest BCUT2D eigenvalue weighted by atomic mass is 32.1. The monoisotopic (exact) mass is 260 g/mol. The van der Waals surface area contributed by atoms with Gasteiger partial charge in [-0.1, -0.05) is 0 Å². The van der Waals surface area contributed by atoms with E-state index in [0.29, 0.717) is 23.5 Å². The van der Waals surface area contributed by atoms with Gasteiger partial charge in [0.05, 0.1) is 18.2 Å². The molecule has 0 saturated carbocycles. The first-order valence-electron chi connectivity index (χ1n) is 5.40. The zero-order valence-corrected chi connectivity index (χ0v) is 10.7. The van der Waals surface area contributed by atoms with Crippen LogP contribution < -0.4 is 5.73 Å². The normalized spacial score (nSPS) is 10.2. The fourth-order valence-electron chi connectivity index (χ4n) is 1.60. The van der Waals surface area contributed by atoms with E-state index in [-0.39, 0.29) is 5.91 Å². The molecule has 0 atom stereocenters. The number of aromatic nitrogens is 1. The molecule has 6 heteroatoms. The SMILES string of the molecule is CN(CCC#N)C(=O)c1sc2ncccc2c1N. The number of carbonyl (C=O) groups excluding carboxylic acids is 1. The summed E-state index contributed by atoms with van der Waals surface area (Å²) in [4.78, 5) is 19.1. The van der Waals surface area contributed by atoms with E-state index < -0.39 is 0 Å². The Morgan fingerprint density at radius 3 is 3.11 bits per heavy atom. The van der Waals surface area contributed by atoms with E-state index in [1.165, 1.54) is 16.2 Å². The first-order valence-corrected chi connectivity index (χ1v) is 6.22. The molecule has 0 aromatic carbocycles. The average Bonchev–Trinajstić information content (AvgIpc) is 2.73. The summed E-state index contributed by atoms with van der Waals surface area (Å²) in [6, 6.07) is 5.65. The lowest BCUT2D eigenvalue weighted by molar-refractivity contribution is 0.0804. The summed E-state index contributed by atoms with van der Waals surface area (Å²) in [5.41, 5.74) is 6.43. The Bertz CT molecular complexity index is 629. The molecule has 2 N–H and O–H groups in total. The number of rotatable bonds is 3. The fraction of sp³-hybridized carbons (Fsp3) is 0.250. The molecule has 2 heterocycles. The highest BCUT2D eigenvalue weighted by Crippen LogP contribution is 2.32. The molecule has 18 heavy (non-hydrogen) atoms. The van der Waals surface area contributed by atoms with Gasteiger partial charge in [-0.05, 0) is 12.1 Å². The van der Waals surface area contributed by atoms with Gasteiger partial charge in [-0.3, -0.25) is 4.79 Å². The lowest BCUT2D eigenvalue weighted by atomic mass is 10.2. The van der Waals surface area contributed by atoms with E-state index in [1.807, 2.05) is 12.1 Å². The molecular weight excluding hydrogens is 248 g/mol. The van der Waals surface area contributed by atoms with Crippen LogP contribution in [0.4, 0.5) is 5.69 Å². The smallest absolute Gasteiger partial charge is 0.265 e. The number of pyridine rings is 1. The third-order valence-corrected chi connectivity index (χ3v) is 3.72. The van der Waals surface area contributed by atoms with Crippen LogP contribution >= 0.6 is 11.3 Å². The van der Waals surface area contributed by atoms with E-state index in [4.69, 9.17) is 11.0 Å². The predicted molar refractivity (Wildman–Crippen MR) is 71.2 cm³/mol. The molecule has 0 aliphatic carbocycles. The zero-order valence-electron chi connectivity index (χ0n) is 9.88. The largest absolute Gasteiger partial charge is 0.397 e. The minimum absolute atomic E-state index is 0.161. The highest BCUT2D eigenvalue weighted by Gasteiger charge is 2.19. The number of nitrogens with two attached hydrogens (primary N) is 1. The van der Waals surface area contributed by atoms with Gasteiger partial charge in [0.25, 0.3) is 5.91 Å². The van der Waals surface area contributed by atoms with Crippen LogP contribution in [-0.4, -0.2) is 29.4 Å². The van der Waals surface area contributed by atoms with Crippen molar-refractivity contribution in [3.05, 3.63) is 23.2 Å². The van der Waals surface area contributed by atoms with Gasteiger partial charge < -0.3 is 10.6 Å². The molecule has 2 rings (SSSR count). The van der Waals surface area contributed by atoms with E-state index in [0.717, 1.165) is 10.2 Å². The minimum Gasteiger partial charge on any atom is -0.397 e. The molecule has 0 unspecified atom stereocenters. The molecular formula is C12H12N4OS. The molecule has 0 aliphatic rings. The molecule has 0 bridgehead atoms. The standard InChI is InChI=1S/C12H12N4OS/c1-16(7-3-5-13)12(17)10-9(14)8-4-2-6-15-11(8)18-10/h2,4,6H,3,7,14H2,1H3. The number of thiophene rings is 1. The molecule has 0 aliphatic heterocycles. The first kappa shape index (κ1) is 12.3. The van der Waals surface area contributed by atoms with Crippen molar-refractivity contribution in [1.29, 1.82) is 5.26 Å². The Morgan fingerprint density at radius 2 is 2.44 bits per heavy atom. The lowest BCUT2D eigenvalue weighted by Crippen LogP contribution is -2.27. The number of fused-ring (bicyclic) bond motifs is 1. The van der Waals surface area contributed by atoms with Crippen molar-refractivity contribution >= 4 is 33.1 Å². The number of nitriles is 1. The van der Waals surface area contributed by atoms with Gasteiger partial charge in [-0.25, -0.2) is 4.98 Å². The van der Waals surface area contributed by atoms with Crippen LogP contribution in [-0.2, 0) is 0 Å². The quantitative estimate of drug-likeness (QED) is 0.913. The average molecular weight is 260 g/mol. The van der Waals surface area contributed by atoms with Gasteiger partial charge in [0.15, 0.2) is 0 Å². The summed E-state index contributed by atoms with van der Waals surface area (Å²) in [5, 5.41) is 9.32. The van der Waals surface area contributed by atoms with Gasteiger partial charge in [0, 0.05) is 25.2 Å². The van der Waals surface area contributed by atoms with Crippen LogP contribution in [0, 0.1) is 11.3 Å². The number of nitrogens with zero attached hydrogens (tertiary/aromatic N) is 3. The van der Waals surface area contributed by atoms with Crippen molar-refractivity contribution in [2.75, 3.05) is 19.3 Å². The van der Waals surface area contributed by atoms with Crippen molar-refractivity contribution in [3.63, 3.8) is 0 Å². The van der Waals surface area contributed by atoms with Crippen LogP contribution in [0.3, 0.4) is 0 Å². The second kappa shape index (κ2) is 5.02. The third kappa shape index (κ3) is 2.13. The van der Waals surface area contributed by atoms with Crippen LogP contribution in [0.15, 0.2) is 18.3 Å². The molecule has 0 spiro atoms.